The van der Waals surface area contributed by atoms with Crippen molar-refractivity contribution in [3.63, 3.8) is 0 Å². The maximum Gasteiger partial charge on any atom is 0.332 e. The van der Waals surface area contributed by atoms with Gasteiger partial charge in [0.25, 0.3) is 5.56 Å². The third-order valence-electron chi connectivity index (χ3n) is 8.31. The van der Waals surface area contributed by atoms with Crippen molar-refractivity contribution >= 4 is 27.5 Å². The Balaban J connectivity index is 1.48. The van der Waals surface area contributed by atoms with Gasteiger partial charge < -0.3 is 23.7 Å². The first-order chi connectivity index (χ1) is 20.4. The highest BCUT2D eigenvalue weighted by Crippen LogP contribution is 2.38. The summed E-state index contributed by atoms with van der Waals surface area (Å²) in [4.78, 5) is 44.9. The van der Waals surface area contributed by atoms with E-state index in [-0.39, 0.29) is 25.1 Å². The summed E-state index contributed by atoms with van der Waals surface area (Å²) in [5.41, 5.74) is 0.632. The number of rotatable bonds is 10. The molecule has 11 nitrogen and oxygen atoms in total. The van der Waals surface area contributed by atoms with Crippen molar-refractivity contribution in [3.8, 4) is 16.5 Å². The van der Waals surface area contributed by atoms with E-state index in [1.165, 1.54) is 22.2 Å². The summed E-state index contributed by atoms with van der Waals surface area (Å²) >= 11 is 1.29. The molecule has 4 heterocycles. The molecule has 6 rings (SSSR count). The Morgan fingerprint density at radius 3 is 2.64 bits per heavy atom. The van der Waals surface area contributed by atoms with Crippen molar-refractivity contribution in [2.45, 2.75) is 57.9 Å². The lowest BCUT2D eigenvalue weighted by Gasteiger charge is -2.32. The average molecular weight is 596 g/mol. The summed E-state index contributed by atoms with van der Waals surface area (Å²) < 4.78 is 26.3. The van der Waals surface area contributed by atoms with Crippen LogP contribution in [0.3, 0.4) is 0 Å². The Hall–Kier alpha value is -3.74. The molecule has 4 aromatic rings. The van der Waals surface area contributed by atoms with Crippen LogP contribution in [0.4, 0.5) is 0 Å². The summed E-state index contributed by atoms with van der Waals surface area (Å²) in [7, 11) is 1.60. The van der Waals surface area contributed by atoms with E-state index >= 15 is 0 Å². The van der Waals surface area contributed by atoms with Crippen LogP contribution in [-0.2, 0) is 27.4 Å². The maximum absolute atomic E-state index is 14.2. The topological polar surface area (TPSA) is 135 Å². The van der Waals surface area contributed by atoms with Crippen LogP contribution in [0.15, 0.2) is 50.7 Å². The SMILES string of the molecule is COc1ccccc1[C@H](Cn1c(=O)n(CC2CC(C(=O)O)C2)c(=O)c2c(C)c(-c3ncco3)sc21)OC1CCOCC1. The van der Waals surface area contributed by atoms with Gasteiger partial charge in [0, 0.05) is 25.3 Å². The number of benzene rings is 1. The molecule has 3 aromatic heterocycles. The Morgan fingerprint density at radius 1 is 1.19 bits per heavy atom. The number of para-hydroxylation sites is 1. The highest BCUT2D eigenvalue weighted by Gasteiger charge is 2.36. The van der Waals surface area contributed by atoms with E-state index in [1.54, 1.807) is 17.9 Å². The van der Waals surface area contributed by atoms with E-state index < -0.39 is 29.2 Å². The third kappa shape index (κ3) is 5.30. The quantitative estimate of drug-likeness (QED) is 0.286. The minimum Gasteiger partial charge on any atom is -0.496 e. The number of hydrogen-bond donors (Lipinski definition) is 1. The molecule has 1 atom stereocenters. The van der Waals surface area contributed by atoms with Gasteiger partial charge in [-0.3, -0.25) is 18.7 Å². The van der Waals surface area contributed by atoms with Crippen LogP contribution in [0.25, 0.3) is 21.0 Å². The van der Waals surface area contributed by atoms with Gasteiger partial charge in [-0.1, -0.05) is 18.2 Å². The molecule has 0 radical (unpaired) electrons. The summed E-state index contributed by atoms with van der Waals surface area (Å²) in [6.45, 7) is 3.32. The van der Waals surface area contributed by atoms with Crippen molar-refractivity contribution in [3.05, 3.63) is 68.7 Å². The number of oxazole rings is 1. The number of aliphatic carboxylic acids is 1. The molecule has 0 spiro atoms. The molecule has 2 fully saturated rings. The number of carboxylic acid groups (broad SMARTS) is 1. The fourth-order valence-electron chi connectivity index (χ4n) is 5.96. The van der Waals surface area contributed by atoms with Crippen molar-refractivity contribution in [1.29, 1.82) is 0 Å². The zero-order chi connectivity index (χ0) is 29.4. The van der Waals surface area contributed by atoms with Crippen molar-refractivity contribution in [2.75, 3.05) is 20.3 Å². The number of aryl methyl sites for hydroxylation is 1. The first-order valence-electron chi connectivity index (χ1n) is 14.1. The lowest BCUT2D eigenvalue weighted by atomic mass is 9.75. The van der Waals surface area contributed by atoms with Gasteiger partial charge in [0.1, 0.15) is 22.9 Å². The highest BCUT2D eigenvalue weighted by molar-refractivity contribution is 7.22. The minimum atomic E-state index is -0.847. The number of thiophene rings is 1. The molecule has 1 aliphatic heterocycles. The Bertz CT molecular complexity index is 1690. The van der Waals surface area contributed by atoms with Gasteiger partial charge in [-0.25, -0.2) is 9.78 Å². The van der Waals surface area contributed by atoms with Crippen molar-refractivity contribution in [1.82, 2.24) is 14.1 Å². The second-order valence-corrected chi connectivity index (χ2v) is 11.9. The molecule has 0 unspecified atom stereocenters. The summed E-state index contributed by atoms with van der Waals surface area (Å²) in [5.74, 6) is -0.346. The largest absolute Gasteiger partial charge is 0.496 e. The molecule has 1 aromatic carbocycles. The summed E-state index contributed by atoms with van der Waals surface area (Å²) in [6, 6.07) is 7.58. The third-order valence-corrected chi connectivity index (χ3v) is 9.61. The molecule has 0 bridgehead atoms. The number of carboxylic acids is 1. The first kappa shape index (κ1) is 28.4. The minimum absolute atomic E-state index is 0.0679. The second-order valence-electron chi connectivity index (χ2n) is 10.9. The van der Waals surface area contributed by atoms with E-state index in [1.807, 2.05) is 31.2 Å². The molecule has 1 saturated carbocycles. The van der Waals surface area contributed by atoms with Gasteiger partial charge in [0.05, 0.1) is 42.1 Å². The predicted molar refractivity (Wildman–Crippen MR) is 155 cm³/mol. The Kier molecular flexibility index (Phi) is 8.02. The molecule has 12 heteroatoms. The fourth-order valence-corrected chi connectivity index (χ4v) is 7.20. The monoisotopic (exact) mass is 595 g/mol. The molecule has 222 valence electrons. The average Bonchev–Trinajstić information content (AvgIpc) is 3.62. The molecule has 1 saturated heterocycles. The first-order valence-corrected chi connectivity index (χ1v) is 14.9. The van der Waals surface area contributed by atoms with Crippen LogP contribution in [0.2, 0.25) is 0 Å². The Morgan fingerprint density at radius 2 is 1.95 bits per heavy atom. The normalized spacial score (nSPS) is 20.0. The van der Waals surface area contributed by atoms with Crippen LogP contribution in [-0.4, -0.2) is 51.6 Å². The molecule has 2 aliphatic rings. The number of methoxy groups -OCH3 is 1. The summed E-state index contributed by atoms with van der Waals surface area (Å²) in [6.07, 6.45) is 4.72. The molecular weight excluding hydrogens is 562 g/mol. The highest BCUT2D eigenvalue weighted by atomic mass is 32.1. The van der Waals surface area contributed by atoms with Gasteiger partial charge in [-0.05, 0) is 50.2 Å². The Labute approximate surface area is 245 Å². The van der Waals surface area contributed by atoms with Gasteiger partial charge in [0.15, 0.2) is 0 Å². The molecule has 1 N–H and O–H groups in total. The van der Waals surface area contributed by atoms with E-state index in [9.17, 15) is 19.5 Å². The van der Waals surface area contributed by atoms with Gasteiger partial charge in [0.2, 0.25) is 5.89 Å². The number of nitrogens with zero attached hydrogens (tertiary/aromatic N) is 3. The number of ether oxygens (including phenoxy) is 3. The van der Waals surface area contributed by atoms with E-state index in [0.717, 1.165) is 18.4 Å². The van der Waals surface area contributed by atoms with Crippen LogP contribution < -0.4 is 16.0 Å². The van der Waals surface area contributed by atoms with Crippen LogP contribution >= 0.6 is 11.3 Å². The maximum atomic E-state index is 14.2. The molecule has 0 amide bonds. The van der Waals surface area contributed by atoms with E-state index in [4.69, 9.17) is 18.6 Å². The molecule has 42 heavy (non-hydrogen) atoms. The van der Waals surface area contributed by atoms with Crippen LogP contribution in [0.5, 0.6) is 5.75 Å². The lowest BCUT2D eigenvalue weighted by Crippen LogP contribution is -2.44. The molecular formula is C30H33N3O8S. The number of aromatic nitrogens is 3. The molecule has 1 aliphatic carbocycles. The standard InChI is InChI=1S/C30H33N3O8S/c1-17-24-27(34)32(15-18-13-19(14-18)29(35)36)30(37)33(28(24)42-25(17)26-31-9-12-40-26)16-23(41-20-7-10-39-11-8-20)21-5-3-4-6-22(21)38-2/h3-6,9,12,18-20,23H,7-8,10-11,13-16H2,1-2H3,(H,35,36)/t18?,19?,23-/m0/s1. The van der Waals surface area contributed by atoms with E-state index in [2.05, 4.69) is 4.98 Å². The predicted octanol–water partition coefficient (Wildman–Crippen LogP) is 4.24. The summed E-state index contributed by atoms with van der Waals surface area (Å²) in [5, 5.41) is 9.77. The number of hydrogen-bond acceptors (Lipinski definition) is 9. The zero-order valence-electron chi connectivity index (χ0n) is 23.5. The van der Waals surface area contributed by atoms with Gasteiger partial charge >= 0.3 is 11.7 Å². The smallest absolute Gasteiger partial charge is 0.332 e. The van der Waals surface area contributed by atoms with E-state index in [0.29, 0.717) is 58.4 Å². The van der Waals surface area contributed by atoms with Gasteiger partial charge in [-0.15, -0.1) is 11.3 Å². The lowest BCUT2D eigenvalue weighted by molar-refractivity contribution is -0.146. The second kappa shape index (κ2) is 11.9. The number of carbonyl (C=O) groups is 1. The van der Waals surface area contributed by atoms with Gasteiger partial charge in [-0.2, -0.15) is 0 Å². The van der Waals surface area contributed by atoms with Crippen molar-refractivity contribution in [2.24, 2.45) is 11.8 Å². The van der Waals surface area contributed by atoms with Crippen molar-refractivity contribution < 1.29 is 28.5 Å². The van der Waals surface area contributed by atoms with Crippen LogP contribution in [0, 0.1) is 18.8 Å². The van der Waals surface area contributed by atoms with Crippen LogP contribution in [0.1, 0.15) is 42.9 Å². The zero-order valence-corrected chi connectivity index (χ0v) is 24.3. The number of fused-ring (bicyclic) bond motifs is 1. The fraction of sp³-hybridized carbons (Fsp3) is 0.467.